The Bertz CT molecular complexity index is 1220. The Morgan fingerprint density at radius 3 is 2.16 bits per heavy atom. The van der Waals surface area contributed by atoms with Crippen molar-refractivity contribution < 1.29 is 52.1 Å². The second kappa shape index (κ2) is 8.57. The van der Waals surface area contributed by atoms with Crippen LogP contribution in [0.5, 0.6) is 0 Å². The molecule has 1 fully saturated rings. The first-order valence-electron chi connectivity index (χ1n) is 10.3. The van der Waals surface area contributed by atoms with E-state index in [9.17, 15) is 22.6 Å². The summed E-state index contributed by atoms with van der Waals surface area (Å²) in [5, 5.41) is 3.28. The van der Waals surface area contributed by atoms with Crippen molar-refractivity contribution in [1.29, 1.82) is 0 Å². The second-order valence-corrected chi connectivity index (χ2v) is 10.8. The summed E-state index contributed by atoms with van der Waals surface area (Å²) >= 11 is 0. The normalized spacial score (nSPS) is 21.9. The number of benzene rings is 2. The molecule has 32 heavy (non-hydrogen) atoms. The molecule has 2 aliphatic rings. The van der Waals surface area contributed by atoms with Gasteiger partial charge in [0.25, 0.3) is 0 Å². The number of hydrogen-bond acceptors (Lipinski definition) is 7. The van der Waals surface area contributed by atoms with Gasteiger partial charge in [-0.1, -0.05) is 45.0 Å². The third-order valence-electron chi connectivity index (χ3n) is 6.22. The molecule has 0 radical (unpaired) electrons. The van der Waals surface area contributed by atoms with Crippen LogP contribution >= 0.6 is 0 Å². The number of nitrogen functional groups attached to an aromatic ring is 1. The van der Waals surface area contributed by atoms with Crippen LogP contribution in [0.2, 0.25) is 0 Å². The van der Waals surface area contributed by atoms with E-state index in [1.54, 1.807) is 18.2 Å². The van der Waals surface area contributed by atoms with Gasteiger partial charge >= 0.3 is 29.6 Å². The first-order chi connectivity index (χ1) is 14.4. The van der Waals surface area contributed by atoms with E-state index >= 15 is 0 Å². The van der Waals surface area contributed by atoms with Gasteiger partial charge in [-0.25, -0.2) is 8.42 Å². The number of carbonyl (C=O) groups is 2. The Kier molecular flexibility index (Phi) is 6.68. The van der Waals surface area contributed by atoms with Crippen LogP contribution in [0, 0.1) is 11.3 Å². The van der Waals surface area contributed by atoms with Crippen LogP contribution in [0.25, 0.3) is 0 Å². The van der Waals surface area contributed by atoms with Gasteiger partial charge in [-0.2, -0.15) is 0 Å². The fraction of sp³-hybridized carbons (Fsp3) is 0.391. The molecule has 2 atom stereocenters. The monoisotopic (exact) mass is 464 g/mol. The zero-order valence-corrected chi connectivity index (χ0v) is 21.5. The number of rotatable bonds is 3. The van der Waals surface area contributed by atoms with Gasteiger partial charge in [0.05, 0.1) is 21.7 Å². The van der Waals surface area contributed by atoms with Crippen molar-refractivity contribution in [1.82, 2.24) is 0 Å². The maximum atomic E-state index is 13.3. The van der Waals surface area contributed by atoms with Gasteiger partial charge in [0, 0.05) is 22.9 Å². The Balaban J connectivity index is 0.00000289. The van der Waals surface area contributed by atoms with Gasteiger partial charge in [0.2, 0.25) is 0 Å². The summed E-state index contributed by atoms with van der Waals surface area (Å²) in [5.74, 6) is -0.558. The largest absolute Gasteiger partial charge is 1.00 e. The maximum absolute atomic E-state index is 13.3. The summed E-state index contributed by atoms with van der Waals surface area (Å²) in [5.41, 5.74) is 5.94. The Morgan fingerprint density at radius 1 is 1.06 bits per heavy atom. The van der Waals surface area contributed by atoms with E-state index in [2.05, 4.69) is 26.1 Å². The average molecular weight is 465 g/mol. The first kappa shape index (κ1) is 24.9. The van der Waals surface area contributed by atoms with E-state index in [-0.39, 0.29) is 69.0 Å². The molecule has 0 heterocycles. The fourth-order valence-corrected chi connectivity index (χ4v) is 5.92. The Morgan fingerprint density at radius 2 is 1.62 bits per heavy atom. The van der Waals surface area contributed by atoms with Crippen LogP contribution in [-0.4, -0.2) is 30.6 Å². The quantitative estimate of drug-likeness (QED) is 0.329. The van der Waals surface area contributed by atoms with Crippen LogP contribution < -0.4 is 40.6 Å². The third-order valence-corrected chi connectivity index (χ3v) is 7.09. The van der Waals surface area contributed by atoms with Gasteiger partial charge < -0.3 is 15.6 Å². The summed E-state index contributed by atoms with van der Waals surface area (Å²) in [6.07, 6.45) is 2.67. The minimum Gasteiger partial charge on any atom is -0.744 e. The summed E-state index contributed by atoms with van der Waals surface area (Å²) < 4.78 is 35.7. The number of ketones is 2. The molecular weight excluding hydrogens is 439 g/mol. The minimum atomic E-state index is -4.96. The Hall–Kier alpha value is -1.71. The summed E-state index contributed by atoms with van der Waals surface area (Å²) in [7, 11) is -4.96. The zero-order valence-electron chi connectivity index (χ0n) is 18.7. The number of nitrogens with two attached hydrogens (primary N) is 1. The van der Waals surface area contributed by atoms with Crippen molar-refractivity contribution in [3.05, 3.63) is 52.6 Å². The minimum absolute atomic E-state index is 0. The predicted molar refractivity (Wildman–Crippen MR) is 116 cm³/mol. The van der Waals surface area contributed by atoms with Crippen LogP contribution in [0.15, 0.2) is 35.2 Å². The molecule has 0 spiro atoms. The molecule has 2 aromatic rings. The topological polar surface area (TPSA) is 129 Å². The van der Waals surface area contributed by atoms with E-state index in [0.29, 0.717) is 5.92 Å². The summed E-state index contributed by atoms with van der Waals surface area (Å²) in [4.78, 5) is 25.9. The first-order valence-corrected chi connectivity index (χ1v) is 11.7. The summed E-state index contributed by atoms with van der Waals surface area (Å²) in [6, 6.07) is 7.39. The molecule has 3 N–H and O–H groups in total. The molecule has 0 aliphatic heterocycles. The molecule has 1 saturated carbocycles. The summed E-state index contributed by atoms with van der Waals surface area (Å²) in [6.45, 7) is 6.47. The average Bonchev–Trinajstić information content (AvgIpc) is 2.64. The third kappa shape index (κ3) is 4.39. The number of hydrogen-bond donors (Lipinski definition) is 2. The number of anilines is 2. The van der Waals surface area contributed by atoms with Crippen molar-refractivity contribution in [3.63, 3.8) is 0 Å². The van der Waals surface area contributed by atoms with E-state index in [1.165, 1.54) is 6.07 Å². The maximum Gasteiger partial charge on any atom is 1.00 e. The number of fused-ring (bicyclic) bond motifs is 2. The van der Waals surface area contributed by atoms with Crippen LogP contribution in [0.3, 0.4) is 0 Å². The van der Waals surface area contributed by atoms with Gasteiger partial charge in [-0.3, -0.25) is 9.59 Å². The molecular formula is C23H25N2NaO5S. The van der Waals surface area contributed by atoms with Crippen LogP contribution in [0.1, 0.15) is 71.9 Å². The molecule has 0 bridgehead atoms. The fourth-order valence-electron chi connectivity index (χ4n) is 5.29. The number of carbonyl (C=O) groups excluding carboxylic acids is 2. The van der Waals surface area contributed by atoms with Crippen molar-refractivity contribution in [2.45, 2.75) is 51.0 Å². The SMILES string of the molecule is CC1CC(Nc2cc(S(=O)(=O)[O-])c(N)c3c2C(=O)c2ccccc2C3=O)CC(C)(C)C1.[Na+]. The van der Waals surface area contributed by atoms with Gasteiger partial charge in [-0.15, -0.1) is 0 Å². The van der Waals surface area contributed by atoms with Crippen molar-refractivity contribution in [2.24, 2.45) is 11.3 Å². The van der Waals surface area contributed by atoms with E-state index in [4.69, 9.17) is 5.73 Å². The van der Waals surface area contributed by atoms with E-state index < -0.39 is 32.3 Å². The molecule has 2 aromatic carbocycles. The van der Waals surface area contributed by atoms with Crippen LogP contribution in [-0.2, 0) is 10.1 Å². The van der Waals surface area contributed by atoms with Crippen molar-refractivity contribution in [2.75, 3.05) is 11.1 Å². The van der Waals surface area contributed by atoms with E-state index in [1.807, 2.05) is 0 Å². The van der Waals surface area contributed by atoms with Gasteiger partial charge in [0.1, 0.15) is 10.1 Å². The smallest absolute Gasteiger partial charge is 0.744 e. The molecule has 4 rings (SSSR count). The Labute approximate surface area is 210 Å². The standard InChI is InChI=1S/C23H26N2O5S.Na/c1-12-8-13(11-23(2,3)10-12)25-16-9-17(31(28,29)30)20(24)19-18(16)21(26)14-6-4-5-7-15(14)22(19)27;/h4-7,9,12-13,25H,8,10-11,24H2,1-3H3,(H,28,29,30);/q;+1/p-1. The molecule has 0 aromatic heterocycles. The molecule has 2 unspecified atom stereocenters. The second-order valence-electron chi connectivity index (χ2n) is 9.50. The zero-order chi connectivity index (χ0) is 22.7. The molecule has 0 amide bonds. The molecule has 0 saturated heterocycles. The van der Waals surface area contributed by atoms with Gasteiger partial charge in [0.15, 0.2) is 11.6 Å². The molecule has 164 valence electrons. The number of nitrogens with one attached hydrogen (secondary N) is 1. The van der Waals surface area contributed by atoms with E-state index in [0.717, 1.165) is 25.3 Å². The predicted octanol–water partition coefficient (Wildman–Crippen LogP) is 0.579. The molecule has 9 heteroatoms. The molecule has 2 aliphatic carbocycles. The van der Waals surface area contributed by atoms with Crippen molar-refractivity contribution in [3.8, 4) is 0 Å². The van der Waals surface area contributed by atoms with Crippen LogP contribution in [0.4, 0.5) is 11.4 Å². The van der Waals surface area contributed by atoms with Crippen molar-refractivity contribution >= 4 is 33.1 Å². The molecule has 7 nitrogen and oxygen atoms in total. The van der Waals surface area contributed by atoms with Gasteiger partial charge in [-0.05, 0) is 36.7 Å².